The average molecular weight is 338 g/mol. The molecule has 1 aliphatic rings. The average Bonchev–Trinajstić information content (AvgIpc) is 2.92. The molecule has 2 rings (SSSR count). The van der Waals surface area contributed by atoms with Gasteiger partial charge in [-0.1, -0.05) is 6.92 Å². The summed E-state index contributed by atoms with van der Waals surface area (Å²) in [7, 11) is 0. The van der Waals surface area contributed by atoms with Crippen molar-refractivity contribution in [1.82, 2.24) is 14.9 Å². The Balaban J connectivity index is 2.23. The molecule has 2 heterocycles. The standard InChI is InChI=1S/C15H22N4O5/c1-2-11-10(20)7-13(24-11)19-8-9(14(22)18-15(19)23)3-4-12(21)17-6-5-16/h3-4,8,10-11,13,20H,2,5-7,16H2,1H3,(H,17,21)(H,18,22,23)/b4-3+/t10?,11-,13-/m1/s1. The molecule has 9 heteroatoms. The van der Waals surface area contributed by atoms with Crippen molar-refractivity contribution in [2.45, 2.75) is 38.2 Å². The summed E-state index contributed by atoms with van der Waals surface area (Å²) in [5, 5.41) is 12.4. The van der Waals surface area contributed by atoms with Gasteiger partial charge in [0.1, 0.15) is 6.23 Å². The molecule has 1 aromatic rings. The lowest BCUT2D eigenvalue weighted by atomic mass is 10.1. The van der Waals surface area contributed by atoms with E-state index in [0.29, 0.717) is 19.5 Å². The molecule has 1 unspecified atom stereocenters. The lowest BCUT2D eigenvalue weighted by molar-refractivity contribution is -0.116. The molecule has 0 aliphatic carbocycles. The minimum atomic E-state index is -0.667. The van der Waals surface area contributed by atoms with E-state index in [2.05, 4.69) is 10.3 Å². The van der Waals surface area contributed by atoms with E-state index in [-0.39, 0.29) is 18.1 Å². The van der Waals surface area contributed by atoms with Gasteiger partial charge in [-0.15, -0.1) is 0 Å². The summed E-state index contributed by atoms with van der Waals surface area (Å²) in [5.74, 6) is -0.392. The first-order valence-electron chi connectivity index (χ1n) is 7.81. The van der Waals surface area contributed by atoms with Gasteiger partial charge >= 0.3 is 5.69 Å². The monoisotopic (exact) mass is 338 g/mol. The van der Waals surface area contributed by atoms with E-state index in [1.54, 1.807) is 0 Å². The van der Waals surface area contributed by atoms with Crippen LogP contribution in [0.4, 0.5) is 0 Å². The third-order valence-electron chi connectivity index (χ3n) is 3.77. The molecule has 5 N–H and O–H groups in total. The van der Waals surface area contributed by atoms with E-state index < -0.39 is 29.5 Å². The van der Waals surface area contributed by atoms with Crippen LogP contribution in [0.5, 0.6) is 0 Å². The highest BCUT2D eigenvalue weighted by Gasteiger charge is 2.34. The Kier molecular flexibility index (Phi) is 6.07. The Morgan fingerprint density at radius 3 is 2.96 bits per heavy atom. The van der Waals surface area contributed by atoms with Crippen LogP contribution in [0.1, 0.15) is 31.6 Å². The summed E-state index contributed by atoms with van der Waals surface area (Å²) in [6.07, 6.45) is 3.01. The molecule has 1 amide bonds. The molecular weight excluding hydrogens is 316 g/mol. The summed E-state index contributed by atoms with van der Waals surface area (Å²) in [6.45, 7) is 2.51. The normalized spacial score (nSPS) is 23.7. The number of amides is 1. The van der Waals surface area contributed by atoms with E-state index in [1.165, 1.54) is 22.9 Å². The number of aromatic amines is 1. The number of aliphatic hydroxyl groups is 1. The van der Waals surface area contributed by atoms with Crippen molar-refractivity contribution in [1.29, 1.82) is 0 Å². The Morgan fingerprint density at radius 2 is 2.33 bits per heavy atom. The molecule has 24 heavy (non-hydrogen) atoms. The predicted molar refractivity (Wildman–Crippen MR) is 87.2 cm³/mol. The molecule has 1 aliphatic heterocycles. The van der Waals surface area contributed by atoms with Crippen LogP contribution in [0.3, 0.4) is 0 Å². The molecule has 1 aromatic heterocycles. The zero-order valence-corrected chi connectivity index (χ0v) is 13.4. The maximum absolute atomic E-state index is 12.0. The Bertz CT molecular complexity index is 723. The molecule has 132 valence electrons. The summed E-state index contributed by atoms with van der Waals surface area (Å²) >= 11 is 0. The fraction of sp³-hybridized carbons (Fsp3) is 0.533. The van der Waals surface area contributed by atoms with Gasteiger partial charge in [0.2, 0.25) is 5.91 Å². The lowest BCUT2D eigenvalue weighted by Crippen LogP contribution is -2.33. The fourth-order valence-electron chi connectivity index (χ4n) is 2.51. The number of aliphatic hydroxyl groups excluding tert-OH is 1. The van der Waals surface area contributed by atoms with Crippen LogP contribution in [0.15, 0.2) is 21.9 Å². The van der Waals surface area contributed by atoms with Crippen molar-refractivity contribution < 1.29 is 14.6 Å². The first kappa shape index (κ1) is 18.1. The largest absolute Gasteiger partial charge is 0.390 e. The fourth-order valence-corrected chi connectivity index (χ4v) is 2.51. The molecule has 1 fully saturated rings. The second-order valence-electron chi connectivity index (χ2n) is 5.50. The Labute approximate surface area is 138 Å². The van der Waals surface area contributed by atoms with Crippen LogP contribution in [0, 0.1) is 0 Å². The lowest BCUT2D eigenvalue weighted by Gasteiger charge is -2.15. The summed E-state index contributed by atoms with van der Waals surface area (Å²) in [6, 6.07) is 0. The first-order chi connectivity index (χ1) is 11.5. The number of carbonyl (C=O) groups excluding carboxylic acids is 1. The third-order valence-corrected chi connectivity index (χ3v) is 3.77. The van der Waals surface area contributed by atoms with E-state index in [4.69, 9.17) is 10.5 Å². The van der Waals surface area contributed by atoms with Crippen molar-refractivity contribution >= 4 is 12.0 Å². The number of aromatic nitrogens is 2. The van der Waals surface area contributed by atoms with Crippen molar-refractivity contribution in [3.05, 3.63) is 38.7 Å². The highest BCUT2D eigenvalue weighted by Crippen LogP contribution is 2.29. The smallest absolute Gasteiger partial charge is 0.330 e. The van der Waals surface area contributed by atoms with Crippen molar-refractivity contribution in [2.75, 3.05) is 13.1 Å². The number of rotatable bonds is 6. The molecule has 3 atom stereocenters. The number of nitrogens with one attached hydrogen (secondary N) is 2. The number of H-pyrrole nitrogens is 1. The molecule has 0 bridgehead atoms. The number of nitrogens with two attached hydrogens (primary N) is 1. The van der Waals surface area contributed by atoms with E-state index >= 15 is 0 Å². The minimum absolute atomic E-state index is 0.135. The van der Waals surface area contributed by atoms with E-state index in [0.717, 1.165) is 0 Å². The maximum Gasteiger partial charge on any atom is 0.330 e. The highest BCUT2D eigenvalue weighted by molar-refractivity contribution is 5.91. The summed E-state index contributed by atoms with van der Waals surface area (Å²) in [4.78, 5) is 37.6. The maximum atomic E-state index is 12.0. The van der Waals surface area contributed by atoms with Crippen LogP contribution < -0.4 is 22.3 Å². The van der Waals surface area contributed by atoms with Gasteiger partial charge in [-0.25, -0.2) is 4.79 Å². The molecule has 0 spiro atoms. The minimum Gasteiger partial charge on any atom is -0.390 e. The third kappa shape index (κ3) is 4.19. The van der Waals surface area contributed by atoms with E-state index in [1.807, 2.05) is 6.92 Å². The van der Waals surface area contributed by atoms with Crippen LogP contribution in [-0.2, 0) is 9.53 Å². The molecule has 0 radical (unpaired) electrons. The van der Waals surface area contributed by atoms with Crippen LogP contribution in [-0.4, -0.2) is 45.9 Å². The Morgan fingerprint density at radius 1 is 1.58 bits per heavy atom. The van der Waals surface area contributed by atoms with Gasteiger partial charge in [-0.05, 0) is 12.5 Å². The van der Waals surface area contributed by atoms with Gasteiger partial charge in [0, 0.05) is 31.8 Å². The SMILES string of the molecule is CC[C@H]1O[C@@H](n2cc(/C=C/C(=O)NCCN)c(=O)[nH]c2=O)CC1O. The highest BCUT2D eigenvalue weighted by atomic mass is 16.5. The number of nitrogens with zero attached hydrogens (tertiary/aromatic N) is 1. The number of carbonyl (C=O) groups is 1. The van der Waals surface area contributed by atoms with E-state index in [9.17, 15) is 19.5 Å². The molecule has 0 aromatic carbocycles. The molecular formula is C15H22N4O5. The summed E-state index contributed by atoms with van der Waals surface area (Å²) < 4.78 is 6.86. The van der Waals surface area contributed by atoms with Crippen LogP contribution in [0.2, 0.25) is 0 Å². The molecule has 0 saturated carbocycles. The Hall–Kier alpha value is -2.23. The van der Waals surface area contributed by atoms with Gasteiger partial charge in [0.25, 0.3) is 5.56 Å². The summed E-state index contributed by atoms with van der Waals surface area (Å²) in [5.41, 5.74) is 4.18. The van der Waals surface area contributed by atoms with Crippen molar-refractivity contribution in [2.24, 2.45) is 5.73 Å². The van der Waals surface area contributed by atoms with Crippen molar-refractivity contribution in [3.8, 4) is 0 Å². The number of hydrogen-bond donors (Lipinski definition) is 4. The first-order valence-corrected chi connectivity index (χ1v) is 7.81. The van der Waals surface area contributed by atoms with Gasteiger partial charge in [-0.3, -0.25) is 19.1 Å². The quantitative estimate of drug-likeness (QED) is 0.475. The zero-order valence-electron chi connectivity index (χ0n) is 13.4. The topological polar surface area (TPSA) is 139 Å². The second kappa shape index (κ2) is 8.04. The van der Waals surface area contributed by atoms with Gasteiger partial charge in [0.15, 0.2) is 0 Å². The number of ether oxygens (including phenoxy) is 1. The zero-order chi connectivity index (χ0) is 17.7. The van der Waals surface area contributed by atoms with Gasteiger partial charge in [0.05, 0.1) is 17.8 Å². The second-order valence-corrected chi connectivity index (χ2v) is 5.50. The van der Waals surface area contributed by atoms with Crippen molar-refractivity contribution in [3.63, 3.8) is 0 Å². The van der Waals surface area contributed by atoms with Crippen LogP contribution >= 0.6 is 0 Å². The number of hydrogen-bond acceptors (Lipinski definition) is 6. The van der Waals surface area contributed by atoms with Gasteiger partial charge in [-0.2, -0.15) is 0 Å². The van der Waals surface area contributed by atoms with Gasteiger partial charge < -0.3 is 20.9 Å². The van der Waals surface area contributed by atoms with Crippen LogP contribution in [0.25, 0.3) is 6.08 Å². The predicted octanol–water partition coefficient (Wildman–Crippen LogP) is -1.32. The molecule has 9 nitrogen and oxygen atoms in total. The molecule has 1 saturated heterocycles.